The van der Waals surface area contributed by atoms with Crippen molar-refractivity contribution in [3.8, 4) is 0 Å². The van der Waals surface area contributed by atoms with Gasteiger partial charge in [0.15, 0.2) is 0 Å². The minimum atomic E-state index is 0.489. The first-order valence-electron chi connectivity index (χ1n) is 9.93. The van der Waals surface area contributed by atoms with E-state index in [4.69, 9.17) is 0 Å². The lowest BCUT2D eigenvalue weighted by Crippen LogP contribution is -2.35. The molecule has 0 atom stereocenters. The van der Waals surface area contributed by atoms with Gasteiger partial charge in [0.25, 0.3) is 0 Å². The molecule has 2 aliphatic heterocycles. The SMILES string of the molecule is CCn1c(CN2CCCC2)nnc1C1CCN(c2nccnc2C)CC1. The lowest BCUT2D eigenvalue weighted by atomic mass is 9.95. The van der Waals surface area contributed by atoms with Gasteiger partial charge < -0.3 is 9.47 Å². The summed E-state index contributed by atoms with van der Waals surface area (Å²) in [6, 6.07) is 0. The van der Waals surface area contributed by atoms with Crippen LogP contribution in [0, 0.1) is 6.92 Å². The van der Waals surface area contributed by atoms with Crippen LogP contribution in [-0.2, 0) is 13.1 Å². The van der Waals surface area contributed by atoms with E-state index in [1.165, 1.54) is 31.8 Å². The minimum absolute atomic E-state index is 0.489. The highest BCUT2D eigenvalue weighted by atomic mass is 15.3. The predicted octanol–water partition coefficient (Wildman–Crippen LogP) is 2.38. The van der Waals surface area contributed by atoms with Crippen molar-refractivity contribution in [2.75, 3.05) is 31.1 Å². The van der Waals surface area contributed by atoms with Gasteiger partial charge in [0.2, 0.25) is 0 Å². The van der Waals surface area contributed by atoms with Crippen LogP contribution in [0.1, 0.15) is 55.9 Å². The van der Waals surface area contributed by atoms with Gasteiger partial charge in [-0.1, -0.05) is 0 Å². The second-order valence-electron chi connectivity index (χ2n) is 7.43. The molecular formula is C19H29N7. The van der Waals surface area contributed by atoms with Crippen LogP contribution in [0.4, 0.5) is 5.82 Å². The molecule has 0 unspecified atom stereocenters. The Kier molecular flexibility index (Phi) is 5.15. The van der Waals surface area contributed by atoms with E-state index in [-0.39, 0.29) is 0 Å². The highest BCUT2D eigenvalue weighted by Gasteiger charge is 2.27. The fourth-order valence-electron chi connectivity index (χ4n) is 4.31. The summed E-state index contributed by atoms with van der Waals surface area (Å²) in [5, 5.41) is 9.16. The Morgan fingerprint density at radius 2 is 1.73 bits per heavy atom. The number of piperidine rings is 1. The molecule has 0 amide bonds. The zero-order valence-corrected chi connectivity index (χ0v) is 15.9. The lowest BCUT2D eigenvalue weighted by molar-refractivity contribution is 0.315. The number of aryl methyl sites for hydroxylation is 1. The molecule has 0 N–H and O–H groups in total. The molecule has 0 aromatic carbocycles. The van der Waals surface area contributed by atoms with Gasteiger partial charge in [-0.2, -0.15) is 0 Å². The average Bonchev–Trinajstić information content (AvgIpc) is 3.32. The van der Waals surface area contributed by atoms with Crippen LogP contribution in [0.3, 0.4) is 0 Å². The van der Waals surface area contributed by atoms with Crippen molar-refractivity contribution in [2.45, 2.75) is 58.5 Å². The van der Waals surface area contributed by atoms with Gasteiger partial charge >= 0.3 is 0 Å². The van der Waals surface area contributed by atoms with Crippen LogP contribution in [0.5, 0.6) is 0 Å². The summed E-state index contributed by atoms with van der Waals surface area (Å²) < 4.78 is 2.35. The van der Waals surface area contributed by atoms with Crippen LogP contribution < -0.4 is 4.90 Å². The van der Waals surface area contributed by atoms with Gasteiger partial charge in [-0.25, -0.2) is 4.98 Å². The fraction of sp³-hybridized carbons (Fsp3) is 0.684. The maximum atomic E-state index is 4.61. The van der Waals surface area contributed by atoms with Crippen LogP contribution in [-0.4, -0.2) is 55.8 Å². The van der Waals surface area contributed by atoms with Crippen molar-refractivity contribution in [2.24, 2.45) is 0 Å². The second kappa shape index (κ2) is 7.70. The maximum Gasteiger partial charge on any atom is 0.150 e. The normalized spacial score (nSPS) is 19.4. The van der Waals surface area contributed by atoms with E-state index in [9.17, 15) is 0 Å². The smallest absolute Gasteiger partial charge is 0.150 e. The summed E-state index contributed by atoms with van der Waals surface area (Å²) in [6.45, 7) is 10.5. The lowest BCUT2D eigenvalue weighted by Gasteiger charge is -2.33. The monoisotopic (exact) mass is 355 g/mol. The molecule has 2 fully saturated rings. The van der Waals surface area contributed by atoms with Crippen LogP contribution in [0.15, 0.2) is 12.4 Å². The first-order valence-corrected chi connectivity index (χ1v) is 9.93. The number of anilines is 1. The van der Waals surface area contributed by atoms with E-state index in [1.807, 2.05) is 6.92 Å². The molecule has 0 radical (unpaired) electrons. The second-order valence-corrected chi connectivity index (χ2v) is 7.43. The van der Waals surface area contributed by atoms with Gasteiger partial charge in [-0.3, -0.25) is 9.88 Å². The zero-order valence-electron chi connectivity index (χ0n) is 15.9. The van der Waals surface area contributed by atoms with Gasteiger partial charge in [0, 0.05) is 37.9 Å². The Labute approximate surface area is 155 Å². The first-order chi connectivity index (χ1) is 12.8. The van der Waals surface area contributed by atoms with Crippen molar-refractivity contribution in [1.29, 1.82) is 0 Å². The van der Waals surface area contributed by atoms with Crippen molar-refractivity contribution in [3.63, 3.8) is 0 Å². The first kappa shape index (κ1) is 17.4. The fourth-order valence-corrected chi connectivity index (χ4v) is 4.31. The number of aromatic nitrogens is 5. The molecule has 26 heavy (non-hydrogen) atoms. The number of likely N-dealkylation sites (tertiary alicyclic amines) is 1. The van der Waals surface area contributed by atoms with Crippen LogP contribution in [0.2, 0.25) is 0 Å². The summed E-state index contributed by atoms with van der Waals surface area (Å²) in [5.41, 5.74) is 1.01. The highest BCUT2D eigenvalue weighted by Crippen LogP contribution is 2.30. The third-order valence-electron chi connectivity index (χ3n) is 5.75. The standard InChI is InChI=1S/C19H29N7/c1-3-26-17(14-24-10-4-5-11-24)22-23-19(26)16-6-12-25(13-7-16)18-15(2)20-8-9-21-18/h8-9,16H,3-7,10-14H2,1-2H3. The molecule has 7 heteroatoms. The molecule has 4 rings (SSSR count). The van der Waals surface area contributed by atoms with Gasteiger partial charge in [-0.05, 0) is 52.6 Å². The van der Waals surface area contributed by atoms with Crippen molar-refractivity contribution in [3.05, 3.63) is 29.7 Å². The Morgan fingerprint density at radius 1 is 1.00 bits per heavy atom. The molecule has 7 nitrogen and oxygen atoms in total. The summed E-state index contributed by atoms with van der Waals surface area (Å²) in [5.74, 6) is 3.83. The molecule has 4 heterocycles. The van der Waals surface area contributed by atoms with E-state index in [0.29, 0.717) is 5.92 Å². The number of hydrogen-bond donors (Lipinski definition) is 0. The average molecular weight is 355 g/mol. The zero-order chi connectivity index (χ0) is 17.9. The van der Waals surface area contributed by atoms with E-state index in [1.54, 1.807) is 12.4 Å². The molecule has 0 bridgehead atoms. The number of nitrogens with zero attached hydrogens (tertiary/aromatic N) is 7. The van der Waals surface area contributed by atoms with Crippen molar-refractivity contribution >= 4 is 5.82 Å². The van der Waals surface area contributed by atoms with E-state index < -0.39 is 0 Å². The molecule has 0 aliphatic carbocycles. The number of rotatable bonds is 5. The maximum absolute atomic E-state index is 4.61. The Bertz CT molecular complexity index is 727. The number of hydrogen-bond acceptors (Lipinski definition) is 6. The van der Waals surface area contributed by atoms with Gasteiger partial charge in [0.05, 0.1) is 12.2 Å². The molecular weight excluding hydrogens is 326 g/mol. The molecule has 0 saturated carbocycles. The van der Waals surface area contributed by atoms with Crippen molar-refractivity contribution < 1.29 is 0 Å². The summed E-state index contributed by atoms with van der Waals surface area (Å²) >= 11 is 0. The van der Waals surface area contributed by atoms with E-state index >= 15 is 0 Å². The summed E-state index contributed by atoms with van der Waals surface area (Å²) in [7, 11) is 0. The molecule has 2 aromatic heterocycles. The molecule has 140 valence electrons. The summed E-state index contributed by atoms with van der Waals surface area (Å²) in [6.07, 6.45) is 8.36. The van der Waals surface area contributed by atoms with Crippen LogP contribution in [0.25, 0.3) is 0 Å². The molecule has 0 spiro atoms. The molecule has 2 aliphatic rings. The predicted molar refractivity (Wildman–Crippen MR) is 101 cm³/mol. The Morgan fingerprint density at radius 3 is 2.42 bits per heavy atom. The Balaban J connectivity index is 1.44. The Hall–Kier alpha value is -2.02. The molecule has 2 aromatic rings. The van der Waals surface area contributed by atoms with E-state index in [2.05, 4.69) is 41.5 Å². The third kappa shape index (κ3) is 3.45. The quantitative estimate of drug-likeness (QED) is 0.820. The molecule has 2 saturated heterocycles. The third-order valence-corrected chi connectivity index (χ3v) is 5.75. The topological polar surface area (TPSA) is 63.0 Å². The van der Waals surface area contributed by atoms with Crippen molar-refractivity contribution in [1.82, 2.24) is 29.6 Å². The van der Waals surface area contributed by atoms with Gasteiger partial charge in [0.1, 0.15) is 17.5 Å². The highest BCUT2D eigenvalue weighted by molar-refractivity contribution is 5.42. The summed E-state index contributed by atoms with van der Waals surface area (Å²) in [4.78, 5) is 13.8. The minimum Gasteiger partial charge on any atom is -0.355 e. The largest absolute Gasteiger partial charge is 0.355 e. The van der Waals surface area contributed by atoms with Gasteiger partial charge in [-0.15, -0.1) is 10.2 Å². The van der Waals surface area contributed by atoms with Crippen LogP contribution >= 0.6 is 0 Å². The van der Waals surface area contributed by atoms with E-state index in [0.717, 1.165) is 56.4 Å².